The number of hydrogen-bond donors (Lipinski definition) is 1. The van der Waals surface area contributed by atoms with Crippen molar-refractivity contribution in [3.05, 3.63) is 53.1 Å². The lowest BCUT2D eigenvalue weighted by Crippen LogP contribution is -2.07. The summed E-state index contributed by atoms with van der Waals surface area (Å²) >= 11 is 1.66. The van der Waals surface area contributed by atoms with E-state index in [1.54, 1.807) is 11.8 Å². The standard InChI is InChI=1S/C15H16N2O2S/c1-3-12-11(15(18)19)8-16-14(17-12)9-20-13-7-5-4-6-10(13)2/h4-8H,3,9H2,1-2H3,(H,18,19). The third-order valence-electron chi connectivity index (χ3n) is 2.93. The minimum Gasteiger partial charge on any atom is -0.478 e. The van der Waals surface area contributed by atoms with Crippen molar-refractivity contribution < 1.29 is 9.90 Å². The van der Waals surface area contributed by atoms with Gasteiger partial charge in [-0.3, -0.25) is 0 Å². The average Bonchev–Trinajstić information content (AvgIpc) is 2.46. The molecule has 0 amide bonds. The quantitative estimate of drug-likeness (QED) is 0.855. The molecule has 0 radical (unpaired) electrons. The van der Waals surface area contributed by atoms with E-state index in [1.807, 2.05) is 19.1 Å². The fraction of sp³-hybridized carbons (Fsp3) is 0.267. The van der Waals surface area contributed by atoms with Crippen LogP contribution in [0, 0.1) is 6.92 Å². The van der Waals surface area contributed by atoms with Crippen molar-refractivity contribution in [2.45, 2.75) is 30.9 Å². The molecule has 4 nitrogen and oxygen atoms in total. The van der Waals surface area contributed by atoms with E-state index in [0.29, 0.717) is 23.7 Å². The average molecular weight is 288 g/mol. The molecule has 0 spiro atoms. The Morgan fingerprint density at radius 1 is 1.35 bits per heavy atom. The fourth-order valence-electron chi connectivity index (χ4n) is 1.84. The molecule has 0 saturated carbocycles. The number of carboxylic acids is 1. The first kappa shape index (κ1) is 14.5. The van der Waals surface area contributed by atoms with E-state index in [9.17, 15) is 4.79 Å². The van der Waals surface area contributed by atoms with Gasteiger partial charge in [-0.2, -0.15) is 0 Å². The number of aromatic nitrogens is 2. The predicted octanol–water partition coefficient (Wildman–Crippen LogP) is 3.34. The molecule has 0 aliphatic heterocycles. The predicted molar refractivity (Wildman–Crippen MR) is 79.1 cm³/mol. The van der Waals surface area contributed by atoms with Crippen LogP contribution in [0.1, 0.15) is 34.4 Å². The summed E-state index contributed by atoms with van der Waals surface area (Å²) in [4.78, 5) is 20.7. The van der Waals surface area contributed by atoms with Gasteiger partial charge in [-0.15, -0.1) is 11.8 Å². The van der Waals surface area contributed by atoms with E-state index >= 15 is 0 Å². The van der Waals surface area contributed by atoms with Gasteiger partial charge in [0, 0.05) is 11.1 Å². The lowest BCUT2D eigenvalue weighted by Gasteiger charge is -2.07. The van der Waals surface area contributed by atoms with Crippen LogP contribution >= 0.6 is 11.8 Å². The van der Waals surface area contributed by atoms with Crippen molar-refractivity contribution in [1.29, 1.82) is 0 Å². The molecule has 1 N–H and O–H groups in total. The topological polar surface area (TPSA) is 63.1 Å². The van der Waals surface area contributed by atoms with E-state index < -0.39 is 5.97 Å². The molecule has 1 aromatic carbocycles. The van der Waals surface area contributed by atoms with Crippen LogP contribution in [-0.2, 0) is 12.2 Å². The van der Waals surface area contributed by atoms with Gasteiger partial charge in [0.15, 0.2) is 0 Å². The van der Waals surface area contributed by atoms with E-state index in [-0.39, 0.29) is 5.56 Å². The molecule has 104 valence electrons. The molecule has 1 aromatic heterocycles. The van der Waals surface area contributed by atoms with Gasteiger partial charge in [-0.05, 0) is 25.0 Å². The smallest absolute Gasteiger partial charge is 0.339 e. The van der Waals surface area contributed by atoms with Crippen molar-refractivity contribution in [2.75, 3.05) is 0 Å². The number of aromatic carboxylic acids is 1. The number of benzene rings is 1. The first-order valence-electron chi connectivity index (χ1n) is 6.38. The Kier molecular flexibility index (Phi) is 4.74. The molecule has 0 bridgehead atoms. The second kappa shape index (κ2) is 6.52. The van der Waals surface area contributed by atoms with E-state index in [2.05, 4.69) is 29.0 Å². The molecule has 1 heterocycles. The Morgan fingerprint density at radius 3 is 2.75 bits per heavy atom. The molecular formula is C15H16N2O2S. The zero-order valence-electron chi connectivity index (χ0n) is 11.5. The first-order valence-corrected chi connectivity index (χ1v) is 7.37. The number of thioether (sulfide) groups is 1. The molecule has 0 aliphatic rings. The molecule has 20 heavy (non-hydrogen) atoms. The maximum absolute atomic E-state index is 11.0. The number of carboxylic acid groups (broad SMARTS) is 1. The van der Waals surface area contributed by atoms with Gasteiger partial charge in [0.05, 0.1) is 17.0 Å². The minimum absolute atomic E-state index is 0.192. The summed E-state index contributed by atoms with van der Waals surface area (Å²) in [5, 5.41) is 9.05. The van der Waals surface area contributed by atoms with Crippen LogP contribution in [0.15, 0.2) is 35.4 Å². The Bertz CT molecular complexity index is 629. The Hall–Kier alpha value is -1.88. The van der Waals surface area contributed by atoms with Crippen molar-refractivity contribution in [3.8, 4) is 0 Å². The third kappa shape index (κ3) is 3.36. The van der Waals surface area contributed by atoms with Gasteiger partial charge in [0.2, 0.25) is 0 Å². The van der Waals surface area contributed by atoms with Gasteiger partial charge < -0.3 is 5.11 Å². The number of rotatable bonds is 5. The number of hydrogen-bond acceptors (Lipinski definition) is 4. The molecule has 0 aliphatic carbocycles. The molecule has 2 rings (SSSR count). The molecular weight excluding hydrogens is 272 g/mol. The summed E-state index contributed by atoms with van der Waals surface area (Å²) in [5.74, 6) is 0.331. The maximum atomic E-state index is 11.0. The normalized spacial score (nSPS) is 10.5. The summed E-state index contributed by atoms with van der Waals surface area (Å²) < 4.78 is 0. The number of aryl methyl sites for hydroxylation is 2. The van der Waals surface area contributed by atoms with Crippen molar-refractivity contribution in [3.63, 3.8) is 0 Å². The molecule has 0 unspecified atom stereocenters. The SMILES string of the molecule is CCc1nc(CSc2ccccc2C)ncc1C(=O)O. The van der Waals surface area contributed by atoms with Gasteiger partial charge in [0.25, 0.3) is 0 Å². The van der Waals surface area contributed by atoms with Crippen LogP contribution in [0.25, 0.3) is 0 Å². The monoisotopic (exact) mass is 288 g/mol. The molecule has 2 aromatic rings. The molecule has 0 fully saturated rings. The van der Waals surface area contributed by atoms with Crippen LogP contribution in [-0.4, -0.2) is 21.0 Å². The highest BCUT2D eigenvalue weighted by atomic mass is 32.2. The molecule has 5 heteroatoms. The summed E-state index contributed by atoms with van der Waals surface area (Å²) in [5.41, 5.74) is 2.00. The molecule has 0 saturated heterocycles. The van der Waals surface area contributed by atoms with Crippen LogP contribution in [0.2, 0.25) is 0 Å². The van der Waals surface area contributed by atoms with Crippen molar-refractivity contribution >= 4 is 17.7 Å². The summed E-state index contributed by atoms with van der Waals surface area (Å²) in [6, 6.07) is 8.13. The second-order valence-corrected chi connectivity index (χ2v) is 5.38. The Morgan fingerprint density at radius 2 is 2.10 bits per heavy atom. The van der Waals surface area contributed by atoms with E-state index in [0.717, 1.165) is 0 Å². The van der Waals surface area contributed by atoms with Crippen LogP contribution < -0.4 is 0 Å². The highest BCUT2D eigenvalue weighted by molar-refractivity contribution is 7.98. The Labute approximate surface area is 122 Å². The largest absolute Gasteiger partial charge is 0.478 e. The highest BCUT2D eigenvalue weighted by Crippen LogP contribution is 2.24. The van der Waals surface area contributed by atoms with Crippen LogP contribution in [0.5, 0.6) is 0 Å². The lowest BCUT2D eigenvalue weighted by atomic mass is 10.2. The molecule has 0 atom stereocenters. The maximum Gasteiger partial charge on any atom is 0.339 e. The summed E-state index contributed by atoms with van der Waals surface area (Å²) in [6.45, 7) is 3.96. The van der Waals surface area contributed by atoms with Gasteiger partial charge >= 0.3 is 5.97 Å². The minimum atomic E-state index is -0.972. The van der Waals surface area contributed by atoms with E-state index in [1.165, 1.54) is 16.7 Å². The first-order chi connectivity index (χ1) is 9.61. The Balaban J connectivity index is 2.15. The van der Waals surface area contributed by atoms with Crippen molar-refractivity contribution in [1.82, 2.24) is 9.97 Å². The van der Waals surface area contributed by atoms with E-state index in [4.69, 9.17) is 5.11 Å². The van der Waals surface area contributed by atoms with Gasteiger partial charge in [-0.1, -0.05) is 25.1 Å². The van der Waals surface area contributed by atoms with Crippen LogP contribution in [0.4, 0.5) is 0 Å². The highest BCUT2D eigenvalue weighted by Gasteiger charge is 2.12. The number of carbonyl (C=O) groups is 1. The zero-order valence-corrected chi connectivity index (χ0v) is 12.3. The zero-order chi connectivity index (χ0) is 14.5. The van der Waals surface area contributed by atoms with Gasteiger partial charge in [0.1, 0.15) is 5.82 Å². The second-order valence-electron chi connectivity index (χ2n) is 4.36. The third-order valence-corrected chi connectivity index (χ3v) is 4.10. The fourth-order valence-corrected chi connectivity index (χ4v) is 2.73. The summed E-state index contributed by atoms with van der Waals surface area (Å²) in [6.07, 6.45) is 1.99. The van der Waals surface area contributed by atoms with Crippen LogP contribution in [0.3, 0.4) is 0 Å². The number of nitrogens with zero attached hydrogens (tertiary/aromatic N) is 2. The van der Waals surface area contributed by atoms with Gasteiger partial charge in [-0.25, -0.2) is 14.8 Å². The summed E-state index contributed by atoms with van der Waals surface area (Å²) in [7, 11) is 0. The lowest BCUT2D eigenvalue weighted by molar-refractivity contribution is 0.0694. The van der Waals surface area contributed by atoms with Crippen molar-refractivity contribution in [2.24, 2.45) is 0 Å².